The van der Waals surface area contributed by atoms with Gasteiger partial charge >= 0.3 is 6.03 Å². The Balaban J connectivity index is 1.78. The average Bonchev–Trinajstić information content (AvgIpc) is 3.17. The zero-order valence-electron chi connectivity index (χ0n) is 16.2. The molecule has 1 aliphatic rings. The van der Waals surface area contributed by atoms with Crippen molar-refractivity contribution in [3.8, 4) is 5.75 Å². The number of hydrogen-bond acceptors (Lipinski definition) is 6. The lowest BCUT2D eigenvalue weighted by Gasteiger charge is -2.36. The summed E-state index contributed by atoms with van der Waals surface area (Å²) < 4.78 is 11.1. The van der Waals surface area contributed by atoms with Gasteiger partial charge in [-0.3, -0.25) is 5.32 Å². The van der Waals surface area contributed by atoms with Crippen LogP contribution in [0, 0.1) is 0 Å². The Labute approximate surface area is 163 Å². The van der Waals surface area contributed by atoms with Crippen LogP contribution in [0.4, 0.5) is 9.93 Å². The van der Waals surface area contributed by atoms with Gasteiger partial charge in [0.25, 0.3) is 0 Å². The molecule has 146 valence electrons. The molecule has 1 fully saturated rings. The zero-order valence-corrected chi connectivity index (χ0v) is 17.0. The van der Waals surface area contributed by atoms with Crippen molar-refractivity contribution in [2.75, 3.05) is 32.2 Å². The molecule has 1 atom stereocenters. The Hall–Kier alpha value is -2.19. The van der Waals surface area contributed by atoms with Crippen molar-refractivity contribution in [1.29, 1.82) is 0 Å². The Kier molecular flexibility index (Phi) is 5.96. The van der Waals surface area contributed by atoms with Gasteiger partial charge in [-0.1, -0.05) is 50.3 Å². The summed E-state index contributed by atoms with van der Waals surface area (Å²) in [4.78, 5) is 14.7. The Morgan fingerprint density at radius 1 is 1.41 bits per heavy atom. The number of anilines is 1. The fraction of sp³-hybridized carbons (Fsp3) is 0.526. The van der Waals surface area contributed by atoms with E-state index in [4.69, 9.17) is 9.47 Å². The molecule has 7 nitrogen and oxygen atoms in total. The summed E-state index contributed by atoms with van der Waals surface area (Å²) in [6.07, 6.45) is 0.953. The van der Waals surface area contributed by atoms with Gasteiger partial charge in [-0.15, -0.1) is 10.2 Å². The number of amides is 2. The number of nitrogens with zero attached hydrogens (tertiary/aromatic N) is 3. The molecular weight excluding hydrogens is 364 g/mol. The number of benzene rings is 1. The van der Waals surface area contributed by atoms with Gasteiger partial charge in [-0.05, 0) is 12.5 Å². The van der Waals surface area contributed by atoms with Crippen LogP contribution in [-0.2, 0) is 10.2 Å². The Morgan fingerprint density at radius 2 is 2.19 bits per heavy atom. The van der Waals surface area contributed by atoms with E-state index in [0.717, 1.165) is 22.7 Å². The molecule has 3 rings (SSSR count). The first-order valence-electron chi connectivity index (χ1n) is 9.08. The summed E-state index contributed by atoms with van der Waals surface area (Å²) in [5.74, 6) is 0.744. The number of morpholine rings is 1. The van der Waals surface area contributed by atoms with Crippen molar-refractivity contribution in [1.82, 2.24) is 15.1 Å². The molecule has 0 saturated carbocycles. The zero-order chi connectivity index (χ0) is 19.4. The number of carbonyl (C=O) groups is 1. The molecule has 2 amide bonds. The van der Waals surface area contributed by atoms with Crippen LogP contribution in [-0.4, -0.2) is 48.0 Å². The first-order chi connectivity index (χ1) is 13.0. The molecule has 2 aromatic rings. The second-order valence-corrected chi connectivity index (χ2v) is 8.08. The highest BCUT2D eigenvalue weighted by Crippen LogP contribution is 2.33. The number of urea groups is 1. The van der Waals surface area contributed by atoms with Crippen LogP contribution in [0.3, 0.4) is 0 Å². The maximum absolute atomic E-state index is 12.9. The second kappa shape index (κ2) is 8.22. The van der Waals surface area contributed by atoms with Gasteiger partial charge in [-0.2, -0.15) is 0 Å². The quantitative estimate of drug-likeness (QED) is 0.839. The minimum absolute atomic E-state index is 0.0560. The highest BCUT2D eigenvalue weighted by molar-refractivity contribution is 7.15. The minimum atomic E-state index is -0.214. The predicted molar refractivity (Wildman–Crippen MR) is 106 cm³/mol. The van der Waals surface area contributed by atoms with E-state index in [-0.39, 0.29) is 17.5 Å². The monoisotopic (exact) mass is 390 g/mol. The molecule has 0 radical (unpaired) electrons. The van der Waals surface area contributed by atoms with Crippen molar-refractivity contribution in [2.24, 2.45) is 0 Å². The minimum Gasteiger partial charge on any atom is -0.496 e. The number of methoxy groups -OCH3 is 1. The van der Waals surface area contributed by atoms with E-state index in [0.29, 0.717) is 24.9 Å². The van der Waals surface area contributed by atoms with E-state index in [9.17, 15) is 4.79 Å². The van der Waals surface area contributed by atoms with Crippen LogP contribution in [0.25, 0.3) is 0 Å². The highest BCUT2D eigenvalue weighted by Gasteiger charge is 2.31. The molecule has 1 N–H and O–H groups in total. The van der Waals surface area contributed by atoms with Crippen molar-refractivity contribution < 1.29 is 14.3 Å². The number of rotatable bonds is 5. The number of ether oxygens (including phenoxy) is 2. The maximum Gasteiger partial charge on any atom is 0.324 e. The maximum atomic E-state index is 12.9. The molecule has 0 aliphatic carbocycles. The number of nitrogens with one attached hydrogen (secondary N) is 1. The normalized spacial score (nSPS) is 17.6. The smallest absolute Gasteiger partial charge is 0.324 e. The van der Waals surface area contributed by atoms with E-state index in [1.807, 2.05) is 24.3 Å². The molecule has 1 saturated heterocycles. The summed E-state index contributed by atoms with van der Waals surface area (Å²) in [6, 6.07) is 7.29. The predicted octanol–water partition coefficient (Wildman–Crippen LogP) is 3.84. The second-order valence-electron chi connectivity index (χ2n) is 7.11. The fourth-order valence-corrected chi connectivity index (χ4v) is 3.81. The number of hydrogen-bond donors (Lipinski definition) is 1. The molecule has 1 aromatic heterocycles. The van der Waals surface area contributed by atoms with Gasteiger partial charge in [-0.25, -0.2) is 4.79 Å². The van der Waals surface area contributed by atoms with Gasteiger partial charge in [0.15, 0.2) is 0 Å². The van der Waals surface area contributed by atoms with Crippen molar-refractivity contribution >= 4 is 22.5 Å². The summed E-state index contributed by atoms with van der Waals surface area (Å²) in [5, 5.41) is 12.7. The van der Waals surface area contributed by atoms with Crippen LogP contribution in [0.1, 0.15) is 43.8 Å². The van der Waals surface area contributed by atoms with Crippen LogP contribution >= 0.6 is 11.3 Å². The fourth-order valence-electron chi connectivity index (χ4n) is 2.91. The van der Waals surface area contributed by atoms with Crippen LogP contribution in [0.5, 0.6) is 5.75 Å². The first kappa shape index (κ1) is 19.6. The van der Waals surface area contributed by atoms with Gasteiger partial charge in [0.1, 0.15) is 10.8 Å². The molecule has 1 aliphatic heterocycles. The highest BCUT2D eigenvalue weighted by atomic mass is 32.1. The number of aromatic nitrogens is 2. The van der Waals surface area contributed by atoms with Crippen molar-refractivity contribution in [2.45, 2.75) is 38.6 Å². The molecule has 1 unspecified atom stereocenters. The molecule has 1 aromatic carbocycles. The van der Waals surface area contributed by atoms with Crippen LogP contribution < -0.4 is 10.1 Å². The molecular formula is C19H26N4O3S. The molecule has 0 bridgehead atoms. The van der Waals surface area contributed by atoms with Crippen LogP contribution in [0.15, 0.2) is 24.3 Å². The lowest BCUT2D eigenvalue weighted by Crippen LogP contribution is -2.45. The third kappa shape index (κ3) is 4.22. The lowest BCUT2D eigenvalue weighted by molar-refractivity contribution is 0.0140. The van der Waals surface area contributed by atoms with E-state index in [1.165, 1.54) is 11.3 Å². The van der Waals surface area contributed by atoms with E-state index < -0.39 is 0 Å². The van der Waals surface area contributed by atoms with Crippen molar-refractivity contribution in [3.05, 3.63) is 34.8 Å². The molecule has 8 heteroatoms. The standard InChI is InChI=1S/C19H26N4O3S/c1-5-19(2,3)16-21-22-17(27-16)20-18(24)23-10-11-26-12-14(23)13-8-6-7-9-15(13)25-4/h6-9,14H,5,10-12H2,1-4H3,(H,20,22,24). The molecule has 27 heavy (non-hydrogen) atoms. The number of carbonyl (C=O) groups excluding carboxylic acids is 1. The van der Waals surface area contributed by atoms with Gasteiger partial charge in [0.2, 0.25) is 5.13 Å². The Morgan fingerprint density at radius 3 is 2.93 bits per heavy atom. The van der Waals surface area contributed by atoms with Crippen LogP contribution in [0.2, 0.25) is 0 Å². The largest absolute Gasteiger partial charge is 0.496 e. The third-order valence-corrected chi connectivity index (χ3v) is 6.19. The topological polar surface area (TPSA) is 76.6 Å². The summed E-state index contributed by atoms with van der Waals surface area (Å²) in [5.41, 5.74) is 0.874. The SMILES string of the molecule is CCC(C)(C)c1nnc(NC(=O)N2CCOCC2c2ccccc2OC)s1. The van der Waals surface area contributed by atoms with Gasteiger partial charge < -0.3 is 14.4 Å². The number of para-hydroxylation sites is 1. The molecule has 2 heterocycles. The van der Waals surface area contributed by atoms with Gasteiger partial charge in [0.05, 0.1) is 26.4 Å². The lowest BCUT2D eigenvalue weighted by atomic mass is 9.91. The van der Waals surface area contributed by atoms with Gasteiger partial charge in [0, 0.05) is 17.5 Å². The summed E-state index contributed by atoms with van der Waals surface area (Å²) in [6.45, 7) is 7.80. The van der Waals surface area contributed by atoms with Crippen molar-refractivity contribution in [3.63, 3.8) is 0 Å². The first-order valence-corrected chi connectivity index (χ1v) is 9.90. The van der Waals surface area contributed by atoms with E-state index >= 15 is 0 Å². The molecule has 0 spiro atoms. The van der Waals surface area contributed by atoms with E-state index in [2.05, 4.69) is 36.3 Å². The summed E-state index contributed by atoms with van der Waals surface area (Å²) >= 11 is 1.42. The summed E-state index contributed by atoms with van der Waals surface area (Å²) in [7, 11) is 1.63. The average molecular weight is 391 g/mol. The third-order valence-electron chi connectivity index (χ3n) is 4.99. The Bertz CT molecular complexity index is 793. The van der Waals surface area contributed by atoms with E-state index in [1.54, 1.807) is 12.0 Å².